The molecule has 8 heteroatoms. The molecule has 0 bridgehead atoms. The highest BCUT2D eigenvalue weighted by atomic mass is 32.2. The van der Waals surface area contributed by atoms with Gasteiger partial charge in [0.15, 0.2) is 0 Å². The Kier molecular flexibility index (Phi) is 5.75. The van der Waals surface area contributed by atoms with Gasteiger partial charge < -0.3 is 19.4 Å². The number of aliphatic carboxylic acids is 1. The molecule has 0 amide bonds. The zero-order chi connectivity index (χ0) is 16.9. The number of benzene rings is 1. The van der Waals surface area contributed by atoms with E-state index in [0.29, 0.717) is 12.2 Å². The van der Waals surface area contributed by atoms with Crippen molar-refractivity contribution >= 4 is 22.1 Å². The Labute approximate surface area is 135 Å². The summed E-state index contributed by atoms with van der Waals surface area (Å²) in [6.07, 6.45) is 3.69. The molecule has 7 nitrogen and oxygen atoms in total. The summed E-state index contributed by atoms with van der Waals surface area (Å²) in [5, 5.41) is 10.5. The second-order valence-electron chi connectivity index (χ2n) is 5.05. The van der Waals surface area contributed by atoms with E-state index >= 15 is 0 Å². The lowest BCUT2D eigenvalue weighted by atomic mass is 10.2. The monoisotopic (exact) mass is 340 g/mol. The van der Waals surface area contributed by atoms with E-state index in [-0.39, 0.29) is 23.3 Å². The second-order valence-corrected chi connectivity index (χ2v) is 6.78. The third-order valence-corrected chi connectivity index (χ3v) is 4.86. The van der Waals surface area contributed by atoms with Crippen LogP contribution >= 0.6 is 0 Å². The van der Waals surface area contributed by atoms with E-state index in [0.717, 1.165) is 18.9 Å². The van der Waals surface area contributed by atoms with Crippen LogP contribution in [0, 0.1) is 0 Å². The summed E-state index contributed by atoms with van der Waals surface area (Å²) in [6.45, 7) is 0.823. The molecule has 2 rings (SSSR count). The summed E-state index contributed by atoms with van der Waals surface area (Å²) in [5.41, 5.74) is 0.410. The van der Waals surface area contributed by atoms with Crippen molar-refractivity contribution in [3.63, 3.8) is 0 Å². The number of carboxylic acid groups (broad SMARTS) is 1. The molecule has 0 radical (unpaired) electrons. The summed E-state index contributed by atoms with van der Waals surface area (Å²) in [4.78, 5) is 10.4. The molecule has 1 heterocycles. The van der Waals surface area contributed by atoms with Crippen molar-refractivity contribution in [3.05, 3.63) is 29.8 Å². The topological polar surface area (TPSA) is 105 Å². The molecule has 0 aromatic heterocycles. The van der Waals surface area contributed by atoms with Gasteiger partial charge in [-0.25, -0.2) is 13.1 Å². The largest absolute Gasteiger partial charge is 0.545 e. The lowest BCUT2D eigenvalue weighted by Gasteiger charge is -2.14. The van der Waals surface area contributed by atoms with Crippen molar-refractivity contribution < 1.29 is 27.8 Å². The fraction of sp³-hybridized carbons (Fsp3) is 0.400. The smallest absolute Gasteiger partial charge is 0.244 e. The van der Waals surface area contributed by atoms with Crippen LogP contribution in [0.3, 0.4) is 0 Å². The number of methoxy groups -OCH3 is 1. The molecule has 0 unspecified atom stereocenters. The fourth-order valence-electron chi connectivity index (χ4n) is 2.26. The average molecular weight is 340 g/mol. The van der Waals surface area contributed by atoms with E-state index in [9.17, 15) is 18.3 Å². The highest BCUT2D eigenvalue weighted by Crippen LogP contribution is 2.25. The van der Waals surface area contributed by atoms with Crippen LogP contribution in [0.2, 0.25) is 0 Å². The number of carboxylic acids is 1. The quantitative estimate of drug-likeness (QED) is 0.696. The number of ether oxygens (including phenoxy) is 2. The number of hydrogen-bond acceptors (Lipinski definition) is 6. The predicted molar refractivity (Wildman–Crippen MR) is 81.2 cm³/mol. The van der Waals surface area contributed by atoms with Crippen LogP contribution in [-0.2, 0) is 19.6 Å². The van der Waals surface area contributed by atoms with Gasteiger partial charge in [0.1, 0.15) is 10.6 Å². The van der Waals surface area contributed by atoms with Gasteiger partial charge in [-0.2, -0.15) is 0 Å². The summed E-state index contributed by atoms with van der Waals surface area (Å²) in [7, 11) is -2.44. The summed E-state index contributed by atoms with van der Waals surface area (Å²) >= 11 is 0. The number of nitrogens with one attached hydrogen (secondary N) is 1. The lowest BCUT2D eigenvalue weighted by molar-refractivity contribution is -0.297. The van der Waals surface area contributed by atoms with Gasteiger partial charge in [-0.3, -0.25) is 0 Å². The molecular weight excluding hydrogens is 322 g/mol. The molecule has 1 N–H and O–H groups in total. The van der Waals surface area contributed by atoms with Gasteiger partial charge >= 0.3 is 0 Å². The summed E-state index contributed by atoms with van der Waals surface area (Å²) in [6, 6.07) is 4.36. The van der Waals surface area contributed by atoms with Gasteiger partial charge in [-0.1, -0.05) is 12.1 Å². The zero-order valence-corrected chi connectivity index (χ0v) is 13.5. The van der Waals surface area contributed by atoms with Crippen molar-refractivity contribution in [3.8, 4) is 5.75 Å². The van der Waals surface area contributed by atoms with E-state index < -0.39 is 16.0 Å². The summed E-state index contributed by atoms with van der Waals surface area (Å²) < 4.78 is 37.9. The van der Waals surface area contributed by atoms with Gasteiger partial charge in [-0.15, -0.1) is 0 Å². The van der Waals surface area contributed by atoms with Crippen molar-refractivity contribution in [2.75, 3.05) is 20.3 Å². The molecule has 1 aromatic carbocycles. The van der Waals surface area contributed by atoms with Crippen LogP contribution in [0.15, 0.2) is 29.2 Å². The van der Waals surface area contributed by atoms with E-state index in [4.69, 9.17) is 9.47 Å². The van der Waals surface area contributed by atoms with E-state index in [1.54, 1.807) is 6.07 Å². The lowest BCUT2D eigenvalue weighted by Crippen LogP contribution is -2.32. The molecular formula is C15H18NO6S-. The zero-order valence-electron chi connectivity index (χ0n) is 12.7. The van der Waals surface area contributed by atoms with Gasteiger partial charge in [0.25, 0.3) is 0 Å². The van der Waals surface area contributed by atoms with E-state index in [1.807, 2.05) is 0 Å². The molecule has 126 valence electrons. The number of sulfonamides is 1. The van der Waals surface area contributed by atoms with Crippen LogP contribution in [0.5, 0.6) is 5.75 Å². The first-order valence-corrected chi connectivity index (χ1v) is 8.59. The Bertz CT molecular complexity index is 692. The first-order chi connectivity index (χ1) is 10.9. The van der Waals surface area contributed by atoms with E-state index in [1.165, 1.54) is 25.3 Å². The SMILES string of the molecule is COc1ccc(/C=C/C(=O)[O-])cc1S(=O)(=O)NC[C@@H]1CCCO1. The molecule has 0 saturated carbocycles. The standard InChI is InChI=1S/C15H19NO6S/c1-21-13-6-4-11(5-7-15(17)18)9-14(13)23(19,20)16-10-12-3-2-8-22-12/h4-7,9,12,16H,2-3,8,10H2,1H3,(H,17,18)/p-1/b7-5+/t12-/m0/s1. The Hall–Kier alpha value is -1.90. The minimum absolute atomic E-state index is 0.0569. The van der Waals surface area contributed by atoms with Crippen LogP contribution in [-0.4, -0.2) is 40.8 Å². The number of rotatable bonds is 7. The molecule has 23 heavy (non-hydrogen) atoms. The van der Waals surface area contributed by atoms with Crippen molar-refractivity contribution in [2.45, 2.75) is 23.8 Å². The first-order valence-electron chi connectivity index (χ1n) is 7.11. The van der Waals surface area contributed by atoms with Gasteiger partial charge in [0.05, 0.1) is 19.2 Å². The maximum absolute atomic E-state index is 12.5. The third-order valence-electron chi connectivity index (χ3n) is 3.41. The molecule has 1 aliphatic heterocycles. The Balaban J connectivity index is 2.23. The third kappa shape index (κ3) is 4.78. The Morgan fingerprint density at radius 2 is 2.30 bits per heavy atom. The Morgan fingerprint density at radius 3 is 2.91 bits per heavy atom. The second kappa shape index (κ2) is 7.58. The number of hydrogen-bond donors (Lipinski definition) is 1. The molecule has 1 aromatic rings. The van der Waals surface area contributed by atoms with Crippen molar-refractivity contribution in [1.82, 2.24) is 4.72 Å². The predicted octanol–water partition coefficient (Wildman–Crippen LogP) is -0.0844. The van der Waals surface area contributed by atoms with Crippen molar-refractivity contribution in [1.29, 1.82) is 0 Å². The van der Waals surface area contributed by atoms with Crippen LogP contribution in [0.1, 0.15) is 18.4 Å². The number of carbonyl (C=O) groups is 1. The van der Waals surface area contributed by atoms with Crippen LogP contribution in [0.4, 0.5) is 0 Å². The normalized spacial score (nSPS) is 18.4. The van der Waals surface area contributed by atoms with Gasteiger partial charge in [0.2, 0.25) is 10.0 Å². The summed E-state index contributed by atoms with van der Waals surface area (Å²) in [5.74, 6) is -1.18. The van der Waals surface area contributed by atoms with Crippen LogP contribution in [0.25, 0.3) is 6.08 Å². The average Bonchev–Trinajstić information content (AvgIpc) is 3.04. The molecule has 0 spiro atoms. The minimum atomic E-state index is -3.80. The fourth-order valence-corrected chi connectivity index (χ4v) is 3.53. The molecule has 0 aliphatic carbocycles. The minimum Gasteiger partial charge on any atom is -0.545 e. The first kappa shape index (κ1) is 17.5. The van der Waals surface area contributed by atoms with E-state index in [2.05, 4.69) is 4.72 Å². The molecule has 1 saturated heterocycles. The highest BCUT2D eigenvalue weighted by Gasteiger charge is 2.23. The van der Waals surface area contributed by atoms with Crippen LogP contribution < -0.4 is 14.6 Å². The maximum atomic E-state index is 12.5. The Morgan fingerprint density at radius 1 is 1.52 bits per heavy atom. The highest BCUT2D eigenvalue weighted by molar-refractivity contribution is 7.89. The van der Waals surface area contributed by atoms with Gasteiger partial charge in [-0.05, 0) is 36.6 Å². The van der Waals surface area contributed by atoms with Gasteiger partial charge in [0, 0.05) is 13.2 Å². The molecule has 1 fully saturated rings. The maximum Gasteiger partial charge on any atom is 0.244 e. The molecule has 1 aliphatic rings. The molecule has 1 atom stereocenters. The number of carbonyl (C=O) groups excluding carboxylic acids is 1. The van der Waals surface area contributed by atoms with Crippen molar-refractivity contribution in [2.24, 2.45) is 0 Å².